The Hall–Kier alpha value is -3.35. The average molecular weight is 410 g/mol. The van der Waals surface area contributed by atoms with E-state index in [1.165, 1.54) is 0 Å². The monoisotopic (exact) mass is 410 g/mol. The zero-order valence-electron chi connectivity index (χ0n) is 17.5. The second-order valence-corrected chi connectivity index (χ2v) is 7.07. The summed E-state index contributed by atoms with van der Waals surface area (Å²) in [5, 5.41) is 8.46. The third kappa shape index (κ3) is 5.17. The Morgan fingerprint density at radius 2 is 1.87 bits per heavy atom. The molecule has 1 heterocycles. The van der Waals surface area contributed by atoms with E-state index in [0.717, 1.165) is 34.9 Å². The summed E-state index contributed by atoms with van der Waals surface area (Å²) in [6.45, 7) is 6.12. The van der Waals surface area contributed by atoms with Crippen molar-refractivity contribution >= 4 is 22.6 Å². The predicted octanol–water partition coefficient (Wildman–Crippen LogP) is 4.10. The molecule has 0 saturated carbocycles. The molecule has 0 saturated heterocycles. The molecule has 0 fully saturated rings. The van der Waals surface area contributed by atoms with Gasteiger partial charge in [-0.15, -0.1) is 0 Å². The number of carbonyl (C=O) groups is 2. The molecule has 3 rings (SSSR count). The Bertz CT molecular complexity index is 1020. The molecule has 0 bridgehead atoms. The number of aromatic nitrogens is 1. The number of amides is 1. The molecule has 0 radical (unpaired) electrons. The first kappa shape index (κ1) is 21.4. The van der Waals surface area contributed by atoms with Crippen LogP contribution < -0.4 is 10.1 Å². The summed E-state index contributed by atoms with van der Waals surface area (Å²) in [4.78, 5) is 24.6. The number of carbonyl (C=O) groups excluding carboxylic acids is 2. The molecule has 7 nitrogen and oxygen atoms in total. The van der Waals surface area contributed by atoms with E-state index in [1.807, 2.05) is 45.0 Å². The second kappa shape index (κ2) is 9.91. The summed E-state index contributed by atoms with van der Waals surface area (Å²) < 4.78 is 16.4. The molecule has 7 heteroatoms. The van der Waals surface area contributed by atoms with Crippen LogP contribution in [0.15, 0.2) is 40.9 Å². The maximum atomic E-state index is 12.7. The minimum Gasteiger partial charge on any atom is -0.488 e. The lowest BCUT2D eigenvalue weighted by Crippen LogP contribution is -2.29. The van der Waals surface area contributed by atoms with E-state index in [1.54, 1.807) is 12.1 Å². The van der Waals surface area contributed by atoms with Gasteiger partial charge in [-0.05, 0) is 43.2 Å². The molecule has 0 aliphatic rings. The number of rotatable bonds is 9. The van der Waals surface area contributed by atoms with Crippen LogP contribution in [0.3, 0.4) is 0 Å². The van der Waals surface area contributed by atoms with E-state index in [9.17, 15) is 9.59 Å². The Balaban J connectivity index is 1.78. The molecule has 1 N–H and O–H groups in total. The fourth-order valence-corrected chi connectivity index (χ4v) is 3.02. The van der Waals surface area contributed by atoms with E-state index in [4.69, 9.17) is 14.0 Å². The fraction of sp³-hybridized carbons (Fsp3) is 0.348. The Kier molecular flexibility index (Phi) is 7.06. The van der Waals surface area contributed by atoms with Crippen LogP contribution in [0.1, 0.15) is 47.1 Å². The Labute approximate surface area is 175 Å². The zero-order valence-corrected chi connectivity index (χ0v) is 17.5. The van der Waals surface area contributed by atoms with Gasteiger partial charge in [0.25, 0.3) is 5.91 Å². The van der Waals surface area contributed by atoms with Gasteiger partial charge >= 0.3 is 5.97 Å². The molecule has 0 spiro atoms. The summed E-state index contributed by atoms with van der Waals surface area (Å²) >= 11 is 0. The van der Waals surface area contributed by atoms with E-state index >= 15 is 0 Å². The summed E-state index contributed by atoms with van der Waals surface area (Å²) in [5.41, 5.74) is 1.83. The number of hydrogen-bond acceptors (Lipinski definition) is 6. The van der Waals surface area contributed by atoms with Crippen LogP contribution in [-0.4, -0.2) is 30.2 Å². The highest BCUT2D eigenvalue weighted by Gasteiger charge is 2.18. The number of nitrogens with zero attached hydrogens (tertiary/aromatic N) is 1. The summed E-state index contributed by atoms with van der Waals surface area (Å²) in [5.74, 6) is 0.113. The molecular weight excluding hydrogens is 384 g/mol. The lowest BCUT2D eigenvalue weighted by Gasteiger charge is -2.13. The van der Waals surface area contributed by atoms with Crippen molar-refractivity contribution in [1.82, 2.24) is 10.5 Å². The standard InChI is InChI=1S/C23H26N2O5/c1-4-5-10-24-22(26)14-29-23(27)19-11-17-8-6-7-9-18(17)12-21(19)28-13-20-15(2)25-30-16(20)3/h6-9,11-12H,4-5,10,13-14H2,1-3H3,(H,24,26). The van der Waals surface area contributed by atoms with Crippen LogP contribution in [0.2, 0.25) is 0 Å². The minimum atomic E-state index is -0.611. The number of unbranched alkanes of at least 4 members (excludes halogenated alkanes) is 1. The van der Waals surface area contributed by atoms with Gasteiger partial charge in [0.05, 0.1) is 11.3 Å². The van der Waals surface area contributed by atoms with Crippen molar-refractivity contribution in [3.8, 4) is 5.75 Å². The number of esters is 1. The maximum absolute atomic E-state index is 12.7. The molecule has 30 heavy (non-hydrogen) atoms. The number of nitrogens with one attached hydrogen (secondary N) is 1. The van der Waals surface area contributed by atoms with Gasteiger partial charge in [0.2, 0.25) is 0 Å². The number of ether oxygens (including phenoxy) is 2. The highest BCUT2D eigenvalue weighted by Crippen LogP contribution is 2.28. The summed E-state index contributed by atoms with van der Waals surface area (Å²) in [7, 11) is 0. The van der Waals surface area contributed by atoms with Crippen LogP contribution >= 0.6 is 0 Å². The van der Waals surface area contributed by atoms with Crippen molar-refractivity contribution in [3.63, 3.8) is 0 Å². The van der Waals surface area contributed by atoms with E-state index in [0.29, 0.717) is 18.1 Å². The Morgan fingerprint density at radius 1 is 1.13 bits per heavy atom. The summed E-state index contributed by atoms with van der Waals surface area (Å²) in [6.07, 6.45) is 1.85. The SMILES string of the molecule is CCCCNC(=O)COC(=O)c1cc2ccccc2cc1OCc1c(C)noc1C. The first-order valence-corrected chi connectivity index (χ1v) is 10.0. The molecular formula is C23H26N2O5. The van der Waals surface area contributed by atoms with Crippen molar-refractivity contribution < 1.29 is 23.6 Å². The third-order valence-corrected chi connectivity index (χ3v) is 4.81. The van der Waals surface area contributed by atoms with Gasteiger partial charge in [0.15, 0.2) is 6.61 Å². The van der Waals surface area contributed by atoms with Crippen molar-refractivity contribution in [2.75, 3.05) is 13.2 Å². The molecule has 3 aromatic rings. The molecule has 0 unspecified atom stereocenters. The number of benzene rings is 2. The van der Waals surface area contributed by atoms with Crippen LogP contribution in [0, 0.1) is 13.8 Å². The third-order valence-electron chi connectivity index (χ3n) is 4.81. The number of aryl methyl sites for hydroxylation is 2. The van der Waals surface area contributed by atoms with Crippen LogP contribution in [-0.2, 0) is 16.1 Å². The Morgan fingerprint density at radius 3 is 2.53 bits per heavy atom. The van der Waals surface area contributed by atoms with Crippen LogP contribution in [0.25, 0.3) is 10.8 Å². The first-order valence-electron chi connectivity index (χ1n) is 10.0. The molecule has 2 aromatic carbocycles. The van der Waals surface area contributed by atoms with Crippen LogP contribution in [0.5, 0.6) is 5.75 Å². The number of fused-ring (bicyclic) bond motifs is 1. The highest BCUT2D eigenvalue weighted by atomic mass is 16.5. The van der Waals surface area contributed by atoms with Gasteiger partial charge in [-0.2, -0.15) is 0 Å². The maximum Gasteiger partial charge on any atom is 0.342 e. The molecule has 158 valence electrons. The van der Waals surface area contributed by atoms with Gasteiger partial charge < -0.3 is 19.3 Å². The largest absolute Gasteiger partial charge is 0.488 e. The first-order chi connectivity index (χ1) is 14.5. The van der Waals surface area contributed by atoms with Gasteiger partial charge in [-0.1, -0.05) is 42.8 Å². The molecule has 0 atom stereocenters. The molecule has 1 aromatic heterocycles. The average Bonchev–Trinajstić information content (AvgIpc) is 3.07. The normalized spacial score (nSPS) is 10.8. The zero-order chi connectivity index (χ0) is 21.5. The highest BCUT2D eigenvalue weighted by molar-refractivity contribution is 5.99. The molecule has 0 aliphatic carbocycles. The lowest BCUT2D eigenvalue weighted by atomic mass is 10.1. The van der Waals surface area contributed by atoms with Crippen LogP contribution in [0.4, 0.5) is 0 Å². The van der Waals surface area contributed by atoms with E-state index in [2.05, 4.69) is 10.5 Å². The van der Waals surface area contributed by atoms with Crippen molar-refractivity contribution in [2.24, 2.45) is 0 Å². The smallest absolute Gasteiger partial charge is 0.342 e. The van der Waals surface area contributed by atoms with E-state index in [-0.39, 0.29) is 24.7 Å². The predicted molar refractivity (Wildman–Crippen MR) is 112 cm³/mol. The van der Waals surface area contributed by atoms with Crippen molar-refractivity contribution in [2.45, 2.75) is 40.2 Å². The topological polar surface area (TPSA) is 90.7 Å². The lowest BCUT2D eigenvalue weighted by molar-refractivity contribution is -0.124. The van der Waals surface area contributed by atoms with Gasteiger partial charge in [0.1, 0.15) is 23.7 Å². The van der Waals surface area contributed by atoms with Gasteiger partial charge in [-0.3, -0.25) is 4.79 Å². The molecule has 0 aliphatic heterocycles. The van der Waals surface area contributed by atoms with Crippen molar-refractivity contribution in [1.29, 1.82) is 0 Å². The van der Waals surface area contributed by atoms with Crippen molar-refractivity contribution in [3.05, 3.63) is 59.0 Å². The number of hydrogen-bond donors (Lipinski definition) is 1. The fourth-order valence-electron chi connectivity index (χ4n) is 3.02. The summed E-state index contributed by atoms with van der Waals surface area (Å²) in [6, 6.07) is 11.2. The minimum absolute atomic E-state index is 0.206. The second-order valence-electron chi connectivity index (χ2n) is 7.07. The van der Waals surface area contributed by atoms with Gasteiger partial charge in [-0.25, -0.2) is 4.79 Å². The molecule has 1 amide bonds. The van der Waals surface area contributed by atoms with Gasteiger partial charge in [0, 0.05) is 6.54 Å². The quantitative estimate of drug-likeness (QED) is 0.422. The van der Waals surface area contributed by atoms with E-state index < -0.39 is 5.97 Å².